The quantitative estimate of drug-likeness (QED) is 0.857. The fraction of sp³-hybridized carbons (Fsp3) is 0.421. The summed E-state index contributed by atoms with van der Waals surface area (Å²) in [6.45, 7) is 2.62. The monoisotopic (exact) mass is 324 g/mol. The van der Waals surface area contributed by atoms with Crippen molar-refractivity contribution < 1.29 is 4.79 Å². The van der Waals surface area contributed by atoms with Crippen LogP contribution >= 0.6 is 0 Å². The number of nitrogens with zero attached hydrogens (tertiary/aromatic N) is 2. The van der Waals surface area contributed by atoms with E-state index in [9.17, 15) is 4.79 Å². The zero-order valence-corrected chi connectivity index (χ0v) is 14.1. The van der Waals surface area contributed by atoms with Gasteiger partial charge in [-0.15, -0.1) is 0 Å². The fourth-order valence-electron chi connectivity index (χ4n) is 3.06. The van der Waals surface area contributed by atoms with Gasteiger partial charge < -0.3 is 10.6 Å². The normalized spacial score (nSPS) is 14.5. The van der Waals surface area contributed by atoms with Crippen molar-refractivity contribution >= 4 is 11.9 Å². The van der Waals surface area contributed by atoms with Gasteiger partial charge in [-0.25, -0.2) is 9.97 Å². The summed E-state index contributed by atoms with van der Waals surface area (Å²) in [5.74, 6) is 0.418. The van der Waals surface area contributed by atoms with E-state index in [1.807, 2.05) is 25.1 Å². The third kappa shape index (κ3) is 4.54. The van der Waals surface area contributed by atoms with Crippen LogP contribution in [0.1, 0.15) is 47.4 Å². The fourth-order valence-corrected chi connectivity index (χ4v) is 3.06. The minimum Gasteiger partial charge on any atom is -0.354 e. The number of nitrogens with one attached hydrogen (secondary N) is 2. The molecular formula is C19H24N4O. The van der Waals surface area contributed by atoms with Gasteiger partial charge in [0.2, 0.25) is 5.95 Å². The summed E-state index contributed by atoms with van der Waals surface area (Å²) >= 11 is 0. The summed E-state index contributed by atoms with van der Waals surface area (Å²) in [5.41, 5.74) is 2.50. The minimum absolute atomic E-state index is 0.0986. The number of benzene rings is 1. The first-order chi connectivity index (χ1) is 11.7. The van der Waals surface area contributed by atoms with Gasteiger partial charge in [0, 0.05) is 18.3 Å². The summed E-state index contributed by atoms with van der Waals surface area (Å²) in [4.78, 5) is 21.1. The molecule has 0 saturated heterocycles. The Morgan fingerprint density at radius 3 is 2.67 bits per heavy atom. The second-order valence-corrected chi connectivity index (χ2v) is 6.34. The molecule has 0 aliphatic heterocycles. The number of hydrogen-bond acceptors (Lipinski definition) is 4. The number of rotatable bonds is 6. The molecule has 0 radical (unpaired) electrons. The largest absolute Gasteiger partial charge is 0.354 e. The molecular weight excluding hydrogens is 300 g/mol. The highest BCUT2D eigenvalue weighted by Crippen LogP contribution is 2.18. The molecule has 1 saturated carbocycles. The van der Waals surface area contributed by atoms with Gasteiger partial charge in [0.15, 0.2) is 0 Å². The topological polar surface area (TPSA) is 66.9 Å². The van der Waals surface area contributed by atoms with Crippen LogP contribution in [0.25, 0.3) is 0 Å². The smallest absolute Gasteiger partial charge is 0.270 e. The molecule has 1 aromatic heterocycles. The standard InChI is InChI=1S/C19H24N4O/c1-14-13-17(18(24)22-16-9-5-6-10-16)23-19(21-14)20-12-11-15-7-3-2-4-8-15/h2-4,7-8,13,16H,5-6,9-12H2,1H3,(H,22,24)(H,20,21,23). The lowest BCUT2D eigenvalue weighted by Crippen LogP contribution is -2.33. The van der Waals surface area contributed by atoms with Gasteiger partial charge in [-0.05, 0) is 37.8 Å². The van der Waals surface area contributed by atoms with Crippen LogP contribution in [0.15, 0.2) is 36.4 Å². The van der Waals surface area contributed by atoms with Crippen molar-refractivity contribution in [2.75, 3.05) is 11.9 Å². The van der Waals surface area contributed by atoms with Crippen LogP contribution in [-0.4, -0.2) is 28.5 Å². The zero-order valence-electron chi connectivity index (χ0n) is 14.1. The van der Waals surface area contributed by atoms with Gasteiger partial charge in [0.1, 0.15) is 5.69 Å². The Hall–Kier alpha value is -2.43. The molecule has 1 aliphatic carbocycles. The Kier molecular flexibility index (Phi) is 5.41. The van der Waals surface area contributed by atoms with Crippen molar-refractivity contribution in [3.63, 3.8) is 0 Å². The maximum absolute atomic E-state index is 12.4. The molecule has 1 aromatic carbocycles. The molecule has 0 bridgehead atoms. The second-order valence-electron chi connectivity index (χ2n) is 6.34. The SMILES string of the molecule is Cc1cc(C(=O)NC2CCCC2)nc(NCCc2ccccc2)n1. The third-order valence-electron chi connectivity index (χ3n) is 4.32. The van der Waals surface area contributed by atoms with Gasteiger partial charge in [0.05, 0.1) is 0 Å². The molecule has 0 spiro atoms. The molecule has 1 heterocycles. The zero-order chi connectivity index (χ0) is 16.8. The van der Waals surface area contributed by atoms with E-state index in [1.54, 1.807) is 6.07 Å². The number of carbonyl (C=O) groups is 1. The number of aryl methyl sites for hydroxylation is 1. The van der Waals surface area contributed by atoms with Crippen LogP contribution in [0.5, 0.6) is 0 Å². The molecule has 126 valence electrons. The molecule has 1 amide bonds. The molecule has 1 fully saturated rings. The molecule has 1 aliphatic rings. The first-order valence-corrected chi connectivity index (χ1v) is 8.65. The highest BCUT2D eigenvalue weighted by molar-refractivity contribution is 5.92. The van der Waals surface area contributed by atoms with E-state index in [0.717, 1.165) is 31.5 Å². The summed E-state index contributed by atoms with van der Waals surface area (Å²) < 4.78 is 0. The summed E-state index contributed by atoms with van der Waals surface area (Å²) in [7, 11) is 0. The van der Waals surface area contributed by atoms with Crippen LogP contribution in [0.3, 0.4) is 0 Å². The molecule has 2 N–H and O–H groups in total. The molecule has 5 nitrogen and oxygen atoms in total. The first-order valence-electron chi connectivity index (χ1n) is 8.65. The van der Waals surface area contributed by atoms with Gasteiger partial charge in [-0.2, -0.15) is 0 Å². The van der Waals surface area contributed by atoms with E-state index >= 15 is 0 Å². The Labute approximate surface area is 142 Å². The van der Waals surface area contributed by atoms with E-state index in [0.29, 0.717) is 17.7 Å². The molecule has 24 heavy (non-hydrogen) atoms. The van der Waals surface area contributed by atoms with Crippen molar-refractivity contribution in [2.45, 2.75) is 45.1 Å². The first kappa shape index (κ1) is 16.4. The van der Waals surface area contributed by atoms with Crippen molar-refractivity contribution in [1.29, 1.82) is 0 Å². The van der Waals surface area contributed by atoms with Gasteiger partial charge in [0.25, 0.3) is 5.91 Å². The van der Waals surface area contributed by atoms with Crippen molar-refractivity contribution in [2.24, 2.45) is 0 Å². The van der Waals surface area contributed by atoms with Crippen LogP contribution in [0, 0.1) is 6.92 Å². The van der Waals surface area contributed by atoms with Crippen molar-refractivity contribution in [1.82, 2.24) is 15.3 Å². The average Bonchev–Trinajstić information content (AvgIpc) is 3.08. The molecule has 5 heteroatoms. The second kappa shape index (κ2) is 7.90. The van der Waals surface area contributed by atoms with Crippen LogP contribution in [0.4, 0.5) is 5.95 Å². The highest BCUT2D eigenvalue weighted by Gasteiger charge is 2.19. The maximum atomic E-state index is 12.4. The third-order valence-corrected chi connectivity index (χ3v) is 4.32. The van der Waals surface area contributed by atoms with E-state index in [-0.39, 0.29) is 5.91 Å². The number of carbonyl (C=O) groups excluding carboxylic acids is 1. The Morgan fingerprint density at radius 2 is 1.92 bits per heavy atom. The highest BCUT2D eigenvalue weighted by atomic mass is 16.1. The van der Waals surface area contributed by atoms with E-state index in [2.05, 4.69) is 32.7 Å². The number of anilines is 1. The van der Waals surface area contributed by atoms with Crippen LogP contribution in [-0.2, 0) is 6.42 Å². The van der Waals surface area contributed by atoms with Crippen LogP contribution < -0.4 is 10.6 Å². The van der Waals surface area contributed by atoms with E-state index in [1.165, 1.54) is 18.4 Å². The van der Waals surface area contributed by atoms with E-state index < -0.39 is 0 Å². The Balaban J connectivity index is 1.59. The van der Waals surface area contributed by atoms with Gasteiger partial charge >= 0.3 is 0 Å². The predicted octanol–water partition coefficient (Wildman–Crippen LogP) is 3.11. The lowest BCUT2D eigenvalue weighted by Gasteiger charge is -2.12. The molecule has 0 unspecified atom stereocenters. The minimum atomic E-state index is -0.0986. The summed E-state index contributed by atoms with van der Waals surface area (Å²) in [6, 6.07) is 12.3. The number of amides is 1. The Morgan fingerprint density at radius 1 is 1.17 bits per heavy atom. The average molecular weight is 324 g/mol. The maximum Gasteiger partial charge on any atom is 0.270 e. The van der Waals surface area contributed by atoms with E-state index in [4.69, 9.17) is 0 Å². The summed E-state index contributed by atoms with van der Waals surface area (Å²) in [5, 5.41) is 6.30. The van der Waals surface area contributed by atoms with Crippen molar-refractivity contribution in [3.8, 4) is 0 Å². The lowest BCUT2D eigenvalue weighted by molar-refractivity contribution is 0.0932. The summed E-state index contributed by atoms with van der Waals surface area (Å²) in [6.07, 6.45) is 5.41. The Bertz CT molecular complexity index is 681. The van der Waals surface area contributed by atoms with Crippen molar-refractivity contribution in [3.05, 3.63) is 53.3 Å². The molecule has 0 atom stereocenters. The van der Waals surface area contributed by atoms with Crippen LogP contribution in [0.2, 0.25) is 0 Å². The molecule has 2 aromatic rings. The number of aromatic nitrogens is 2. The van der Waals surface area contributed by atoms with Gasteiger partial charge in [-0.3, -0.25) is 4.79 Å². The predicted molar refractivity (Wildman–Crippen MR) is 95.1 cm³/mol. The lowest BCUT2D eigenvalue weighted by atomic mass is 10.1. The van der Waals surface area contributed by atoms with Gasteiger partial charge in [-0.1, -0.05) is 43.2 Å². The molecule has 3 rings (SSSR count). The number of hydrogen-bond donors (Lipinski definition) is 2.